The molecule has 6 heterocycles. The highest BCUT2D eigenvalue weighted by Crippen LogP contribution is 2.50. The third kappa shape index (κ3) is 12.5. The minimum Gasteiger partial charge on any atom is -0.308 e. The summed E-state index contributed by atoms with van der Waals surface area (Å²) in [4.78, 5) is 36.4. The lowest BCUT2D eigenvalue weighted by Gasteiger charge is -2.17. The van der Waals surface area contributed by atoms with Crippen molar-refractivity contribution >= 4 is 119 Å². The SMILES string of the molecule is c1ccc(-c2cc(-c3ccc4ccc(-c5cccc6c7ccc8c(-c9cccc%10ccccc9%10)nc9ccccc9c8c7n(-c7ccccc7)c56)cc4c3)nc(-c3ccccc3)n2)cc1.c1ccc(-c2nc(-c3ccccc3)nc(-c3ccccc3-c3cccc4c5ccc6c(-c7cccc8ccccc78)nc7ccccc7c6c5n(-c5ccccc5)c34)n2)cc1. The third-order valence-corrected chi connectivity index (χ3v) is 24.8. The molecule has 0 saturated heterocycles. The molecule has 0 N–H and O–H groups in total. The number of benzene rings is 19. The Labute approximate surface area is 725 Å². The Balaban J connectivity index is 0.000000141. The van der Waals surface area contributed by atoms with Crippen LogP contribution < -0.4 is 0 Å². The van der Waals surface area contributed by atoms with E-state index in [1.165, 1.54) is 64.9 Å². The van der Waals surface area contributed by atoms with Gasteiger partial charge >= 0.3 is 0 Å². The fourth-order valence-corrected chi connectivity index (χ4v) is 19.1. The number of hydrogen-bond acceptors (Lipinski definition) is 7. The first-order valence-corrected chi connectivity index (χ1v) is 42.7. The van der Waals surface area contributed by atoms with E-state index in [4.69, 9.17) is 34.9 Å². The lowest BCUT2D eigenvalue weighted by molar-refractivity contribution is 1.07. The first-order valence-electron chi connectivity index (χ1n) is 42.7. The molecule has 586 valence electrons. The van der Waals surface area contributed by atoms with E-state index in [2.05, 4.69) is 367 Å². The van der Waals surface area contributed by atoms with Crippen LogP contribution in [-0.2, 0) is 0 Å². The van der Waals surface area contributed by atoms with Gasteiger partial charge in [-0.3, -0.25) is 0 Å². The summed E-state index contributed by atoms with van der Waals surface area (Å²) in [5.41, 5.74) is 25.0. The van der Waals surface area contributed by atoms with Crippen molar-refractivity contribution in [3.05, 3.63) is 443 Å². The van der Waals surface area contributed by atoms with Crippen LogP contribution in [0.4, 0.5) is 0 Å². The first kappa shape index (κ1) is 73.0. The van der Waals surface area contributed by atoms with Crippen molar-refractivity contribution in [3.63, 3.8) is 0 Å². The zero-order chi connectivity index (χ0) is 83.1. The van der Waals surface area contributed by atoms with Crippen LogP contribution in [0.2, 0.25) is 0 Å². The largest absolute Gasteiger partial charge is 0.308 e. The van der Waals surface area contributed by atoms with Crippen molar-refractivity contribution in [1.29, 1.82) is 0 Å². The van der Waals surface area contributed by atoms with E-state index in [0.29, 0.717) is 23.3 Å². The Bertz CT molecular complexity index is 8510. The van der Waals surface area contributed by atoms with Crippen LogP contribution in [0, 0.1) is 0 Å². The molecule has 126 heavy (non-hydrogen) atoms. The topological polar surface area (TPSA) is 100 Å². The van der Waals surface area contributed by atoms with Crippen LogP contribution >= 0.6 is 0 Å². The summed E-state index contributed by atoms with van der Waals surface area (Å²) in [5, 5.41) is 18.6. The van der Waals surface area contributed by atoms with E-state index < -0.39 is 0 Å². The summed E-state index contributed by atoms with van der Waals surface area (Å²) in [7, 11) is 0. The Morgan fingerprint density at radius 2 is 0.500 bits per heavy atom. The van der Waals surface area contributed by atoms with Crippen LogP contribution in [0.3, 0.4) is 0 Å². The number of hydrogen-bond donors (Lipinski definition) is 0. The molecule has 9 nitrogen and oxygen atoms in total. The average molecular weight is 1600 g/mol. The second-order valence-corrected chi connectivity index (χ2v) is 32.1. The summed E-state index contributed by atoms with van der Waals surface area (Å²) in [5.74, 6) is 2.58. The highest BCUT2D eigenvalue weighted by Gasteiger charge is 2.28. The van der Waals surface area contributed by atoms with Gasteiger partial charge in [0.2, 0.25) is 0 Å². The molecule has 0 radical (unpaired) electrons. The van der Waals surface area contributed by atoms with E-state index in [1.54, 1.807) is 0 Å². The van der Waals surface area contributed by atoms with Gasteiger partial charge in [-0.05, 0) is 98.0 Å². The van der Waals surface area contributed by atoms with Gasteiger partial charge in [-0.1, -0.05) is 388 Å². The van der Waals surface area contributed by atoms with Crippen molar-refractivity contribution in [3.8, 4) is 124 Å². The molecule has 19 aromatic carbocycles. The number of fused-ring (bicyclic) bond motifs is 17. The highest BCUT2D eigenvalue weighted by atomic mass is 15.0. The maximum atomic E-state index is 5.43. The Hall–Kier alpha value is -17.0. The molecule has 0 saturated carbocycles. The average Bonchev–Trinajstić information content (AvgIpc) is 1.50. The highest BCUT2D eigenvalue weighted by molar-refractivity contribution is 6.31. The monoisotopic (exact) mass is 1600 g/mol. The molecule has 0 aliphatic rings. The lowest BCUT2D eigenvalue weighted by Crippen LogP contribution is -2.01. The van der Waals surface area contributed by atoms with E-state index in [-0.39, 0.29) is 0 Å². The van der Waals surface area contributed by atoms with Gasteiger partial charge < -0.3 is 9.13 Å². The number of pyridine rings is 2. The van der Waals surface area contributed by atoms with E-state index in [0.717, 1.165) is 155 Å². The molecule has 9 heteroatoms. The number of rotatable bonds is 12. The van der Waals surface area contributed by atoms with Gasteiger partial charge in [0.05, 0.1) is 55.9 Å². The van der Waals surface area contributed by atoms with Crippen LogP contribution in [0.25, 0.3) is 243 Å². The molecule has 0 bridgehead atoms. The maximum absolute atomic E-state index is 5.43. The van der Waals surface area contributed by atoms with E-state index in [9.17, 15) is 0 Å². The summed E-state index contributed by atoms with van der Waals surface area (Å²) in [6.07, 6.45) is 0. The van der Waals surface area contributed by atoms with Crippen molar-refractivity contribution in [2.75, 3.05) is 0 Å². The predicted octanol–water partition coefficient (Wildman–Crippen LogP) is 30.1. The van der Waals surface area contributed by atoms with Gasteiger partial charge in [0.25, 0.3) is 0 Å². The molecular formula is C117H73N9. The fraction of sp³-hybridized carbons (Fsp3) is 0. The lowest BCUT2D eigenvalue weighted by atomic mass is 9.94. The van der Waals surface area contributed by atoms with Crippen LogP contribution in [0.1, 0.15) is 0 Å². The van der Waals surface area contributed by atoms with Gasteiger partial charge in [0.15, 0.2) is 23.3 Å². The standard InChI is InChI=1S/C61H38N4.C56H35N5/c1-4-17-41(18-5-1)55-38-56(64-61(63-55)42-19-6-2-7-20-42)44-33-31-39-30-32-43(36-45(39)37-44)48-26-15-28-50-51-34-35-53-57(60(51)65(59(48)50)46-22-8-3-9-23-46)52-25-12-13-29-54(52)62-58(53)49-27-14-21-40-16-10-11-24-47(40)49;1-4-19-37(20-5-1)54-58-55(38-21-6-2-7-22-38)60-56(59-54)46-28-13-12-27-41(46)43-31-17-32-44-45-34-35-48-50(53(45)61(52(43)44)39-24-8-3-9-25-39)47-29-14-15-33-49(47)57-51(48)42-30-16-23-36-18-10-11-26-40(36)42/h1-38H;1-35H. The molecule has 0 aliphatic carbocycles. The molecule has 0 fully saturated rings. The quantitative estimate of drug-likeness (QED) is 0.112. The third-order valence-electron chi connectivity index (χ3n) is 24.8. The Morgan fingerprint density at radius 3 is 1.02 bits per heavy atom. The summed E-state index contributed by atoms with van der Waals surface area (Å²) >= 11 is 0. The van der Waals surface area contributed by atoms with Gasteiger partial charge in [-0.15, -0.1) is 0 Å². The second-order valence-electron chi connectivity index (χ2n) is 32.1. The van der Waals surface area contributed by atoms with Crippen molar-refractivity contribution in [2.45, 2.75) is 0 Å². The van der Waals surface area contributed by atoms with E-state index >= 15 is 0 Å². The number of aromatic nitrogens is 9. The number of para-hydroxylation sites is 6. The Kier molecular flexibility index (Phi) is 17.7. The maximum Gasteiger partial charge on any atom is 0.164 e. The van der Waals surface area contributed by atoms with Crippen LogP contribution in [0.5, 0.6) is 0 Å². The zero-order valence-electron chi connectivity index (χ0n) is 68.2. The fourth-order valence-electron chi connectivity index (χ4n) is 19.1. The summed E-state index contributed by atoms with van der Waals surface area (Å²) < 4.78 is 4.97. The van der Waals surface area contributed by atoms with Crippen molar-refractivity contribution in [1.82, 2.24) is 44.0 Å². The minimum atomic E-state index is 0.616. The van der Waals surface area contributed by atoms with E-state index in [1.807, 2.05) is 84.9 Å². The normalized spacial score (nSPS) is 11.7. The molecule has 0 aliphatic heterocycles. The second kappa shape index (κ2) is 30.6. The molecule has 25 aromatic rings. The van der Waals surface area contributed by atoms with Gasteiger partial charge in [0.1, 0.15) is 0 Å². The summed E-state index contributed by atoms with van der Waals surface area (Å²) in [6.45, 7) is 0. The van der Waals surface area contributed by atoms with Crippen LogP contribution in [-0.4, -0.2) is 44.0 Å². The molecule has 0 unspecified atom stereocenters. The zero-order valence-corrected chi connectivity index (χ0v) is 68.2. The Morgan fingerprint density at radius 1 is 0.159 bits per heavy atom. The summed E-state index contributed by atoms with van der Waals surface area (Å²) in [6, 6.07) is 157. The van der Waals surface area contributed by atoms with Gasteiger partial charge in [0, 0.05) is 121 Å². The number of nitrogens with zero attached hydrogens (tertiary/aromatic N) is 9. The molecule has 25 rings (SSSR count). The van der Waals surface area contributed by atoms with Gasteiger partial charge in [-0.2, -0.15) is 0 Å². The smallest absolute Gasteiger partial charge is 0.164 e. The molecule has 6 aromatic heterocycles. The molecule has 0 amide bonds. The van der Waals surface area contributed by atoms with Gasteiger partial charge in [-0.25, -0.2) is 34.9 Å². The van der Waals surface area contributed by atoms with Crippen molar-refractivity contribution < 1.29 is 0 Å². The molecular weight excluding hydrogens is 1530 g/mol. The van der Waals surface area contributed by atoms with Crippen molar-refractivity contribution in [2.24, 2.45) is 0 Å². The minimum absolute atomic E-state index is 0.616. The molecule has 0 atom stereocenters. The van der Waals surface area contributed by atoms with Crippen LogP contribution in [0.15, 0.2) is 443 Å². The predicted molar refractivity (Wildman–Crippen MR) is 523 cm³/mol. The first-order chi connectivity index (χ1) is 62.5. The molecule has 0 spiro atoms.